The second-order valence-electron chi connectivity index (χ2n) is 4.51. The molecule has 96 valence electrons. The molecule has 0 saturated carbocycles. The van der Waals surface area contributed by atoms with Crippen molar-refractivity contribution >= 4 is 11.8 Å². The molecule has 0 fully saturated rings. The first-order valence-corrected chi connectivity index (χ1v) is 5.81. The van der Waals surface area contributed by atoms with Gasteiger partial charge in [0.15, 0.2) is 0 Å². The molecule has 0 bridgehead atoms. The lowest BCUT2D eigenvalue weighted by Crippen LogP contribution is -2.43. The van der Waals surface area contributed by atoms with E-state index < -0.39 is 11.5 Å². The van der Waals surface area contributed by atoms with Gasteiger partial charge in [0.25, 0.3) is 0 Å². The number of carboxylic acids is 1. The monoisotopic (exact) mass is 247 g/mol. The summed E-state index contributed by atoms with van der Waals surface area (Å²) in [6.45, 7) is 5.31. The number of aromatic nitrogens is 1. The number of carboxylic acid groups (broad SMARTS) is 1. The molecule has 0 spiro atoms. The first-order chi connectivity index (χ1) is 8.41. The van der Waals surface area contributed by atoms with Crippen LogP contribution < -0.4 is 5.32 Å². The molecule has 1 atom stereocenters. The van der Waals surface area contributed by atoms with Crippen LogP contribution >= 0.6 is 0 Å². The van der Waals surface area contributed by atoms with Gasteiger partial charge in [-0.2, -0.15) is 5.26 Å². The number of pyridine rings is 1. The largest absolute Gasteiger partial charge is 0.480 e. The van der Waals surface area contributed by atoms with Crippen LogP contribution in [0, 0.1) is 18.3 Å². The highest BCUT2D eigenvalue weighted by Crippen LogP contribution is 2.20. The molecular weight excluding hydrogens is 230 g/mol. The van der Waals surface area contributed by atoms with Gasteiger partial charge < -0.3 is 10.4 Å². The summed E-state index contributed by atoms with van der Waals surface area (Å²) in [7, 11) is 0. The summed E-state index contributed by atoms with van der Waals surface area (Å²) in [5.74, 6) is -0.504. The van der Waals surface area contributed by atoms with Gasteiger partial charge >= 0.3 is 5.97 Å². The van der Waals surface area contributed by atoms with Gasteiger partial charge in [-0.25, -0.2) is 9.78 Å². The van der Waals surface area contributed by atoms with Crippen molar-refractivity contribution in [2.75, 3.05) is 5.32 Å². The number of anilines is 1. The minimum atomic E-state index is -1.07. The van der Waals surface area contributed by atoms with Crippen molar-refractivity contribution < 1.29 is 9.90 Å². The molecule has 0 aliphatic carbocycles. The number of nitriles is 1. The minimum absolute atomic E-state index is 0.421. The summed E-state index contributed by atoms with van der Waals surface area (Å²) in [6.07, 6.45) is 1.23. The lowest BCUT2D eigenvalue weighted by molar-refractivity contribution is -0.142. The number of hydrogen-bond donors (Lipinski definition) is 2. The van der Waals surface area contributed by atoms with Crippen molar-refractivity contribution in [1.29, 1.82) is 5.26 Å². The molecule has 2 N–H and O–H groups in total. The SMILES string of the molecule is CCCC(C)(Nc1cc(C#N)cc(C)n1)C(=O)O. The lowest BCUT2D eigenvalue weighted by Gasteiger charge is -2.26. The molecule has 5 heteroatoms. The lowest BCUT2D eigenvalue weighted by atomic mass is 9.96. The van der Waals surface area contributed by atoms with Crippen LogP contribution in [-0.2, 0) is 4.79 Å². The fraction of sp³-hybridized carbons (Fsp3) is 0.462. The van der Waals surface area contributed by atoms with Crippen LogP contribution in [0.1, 0.15) is 37.9 Å². The van der Waals surface area contributed by atoms with Crippen molar-refractivity contribution in [3.63, 3.8) is 0 Å². The first-order valence-electron chi connectivity index (χ1n) is 5.81. The normalized spacial score (nSPS) is 13.4. The van der Waals surface area contributed by atoms with E-state index in [9.17, 15) is 9.90 Å². The Kier molecular flexibility index (Phi) is 4.27. The highest BCUT2D eigenvalue weighted by atomic mass is 16.4. The predicted molar refractivity (Wildman–Crippen MR) is 68.3 cm³/mol. The van der Waals surface area contributed by atoms with E-state index in [2.05, 4.69) is 10.3 Å². The Bertz CT molecular complexity index is 493. The third-order valence-electron chi connectivity index (χ3n) is 2.71. The second kappa shape index (κ2) is 5.50. The molecule has 18 heavy (non-hydrogen) atoms. The number of aryl methyl sites for hydroxylation is 1. The molecule has 5 nitrogen and oxygen atoms in total. The molecule has 0 aromatic carbocycles. The second-order valence-corrected chi connectivity index (χ2v) is 4.51. The maximum Gasteiger partial charge on any atom is 0.329 e. The third-order valence-corrected chi connectivity index (χ3v) is 2.71. The Balaban J connectivity index is 3.05. The van der Waals surface area contributed by atoms with E-state index in [-0.39, 0.29) is 0 Å². The molecule has 0 amide bonds. The van der Waals surface area contributed by atoms with E-state index in [4.69, 9.17) is 5.26 Å². The van der Waals surface area contributed by atoms with Gasteiger partial charge in [-0.15, -0.1) is 0 Å². The molecule has 0 aliphatic heterocycles. The Morgan fingerprint density at radius 2 is 2.28 bits per heavy atom. The van der Waals surface area contributed by atoms with Crippen LogP contribution in [0.25, 0.3) is 0 Å². The molecule has 1 aromatic heterocycles. The molecule has 1 unspecified atom stereocenters. The predicted octanol–water partition coefficient (Wildman–Crippen LogP) is 2.32. The summed E-state index contributed by atoms with van der Waals surface area (Å²) in [6, 6.07) is 5.24. The Morgan fingerprint density at radius 3 is 2.78 bits per heavy atom. The zero-order chi connectivity index (χ0) is 13.8. The number of carbonyl (C=O) groups is 1. The third kappa shape index (κ3) is 3.20. The van der Waals surface area contributed by atoms with E-state index >= 15 is 0 Å². The van der Waals surface area contributed by atoms with Crippen molar-refractivity contribution in [3.8, 4) is 6.07 Å². The summed E-state index contributed by atoms with van der Waals surface area (Å²) in [5.41, 5.74) is 0.0810. The van der Waals surface area contributed by atoms with Crippen LogP contribution in [0.4, 0.5) is 5.82 Å². The van der Waals surface area contributed by atoms with Crippen molar-refractivity contribution in [2.45, 2.75) is 39.2 Å². The van der Waals surface area contributed by atoms with Gasteiger partial charge in [0, 0.05) is 5.69 Å². The van der Waals surface area contributed by atoms with E-state index in [0.29, 0.717) is 23.5 Å². The molecule has 1 rings (SSSR count). The van der Waals surface area contributed by atoms with Crippen LogP contribution in [-0.4, -0.2) is 21.6 Å². The minimum Gasteiger partial charge on any atom is -0.480 e. The maximum absolute atomic E-state index is 11.3. The first kappa shape index (κ1) is 14.0. The average Bonchev–Trinajstić information content (AvgIpc) is 2.28. The fourth-order valence-corrected chi connectivity index (χ4v) is 1.80. The highest BCUT2D eigenvalue weighted by molar-refractivity contribution is 5.81. The molecule has 1 heterocycles. The van der Waals surface area contributed by atoms with Gasteiger partial charge in [-0.05, 0) is 32.4 Å². The highest BCUT2D eigenvalue weighted by Gasteiger charge is 2.32. The van der Waals surface area contributed by atoms with E-state index in [0.717, 1.165) is 6.42 Å². The zero-order valence-electron chi connectivity index (χ0n) is 10.8. The average molecular weight is 247 g/mol. The molecule has 0 radical (unpaired) electrons. The van der Waals surface area contributed by atoms with Gasteiger partial charge in [0.2, 0.25) is 0 Å². The van der Waals surface area contributed by atoms with E-state index in [1.807, 2.05) is 13.0 Å². The standard InChI is InChI=1S/C13H17N3O2/c1-4-5-13(3,12(17)18)16-11-7-10(8-14)6-9(2)15-11/h6-7H,4-5H2,1-3H3,(H,15,16)(H,17,18). The molecule has 0 aliphatic rings. The van der Waals surface area contributed by atoms with Gasteiger partial charge in [0.1, 0.15) is 11.4 Å². The van der Waals surface area contributed by atoms with Crippen molar-refractivity contribution in [2.24, 2.45) is 0 Å². The van der Waals surface area contributed by atoms with Gasteiger partial charge in [0.05, 0.1) is 11.6 Å². The smallest absolute Gasteiger partial charge is 0.329 e. The van der Waals surface area contributed by atoms with Gasteiger partial charge in [-0.1, -0.05) is 13.3 Å². The van der Waals surface area contributed by atoms with Gasteiger partial charge in [-0.3, -0.25) is 0 Å². The van der Waals surface area contributed by atoms with Crippen LogP contribution in [0.2, 0.25) is 0 Å². The fourth-order valence-electron chi connectivity index (χ4n) is 1.80. The Hall–Kier alpha value is -2.09. The topological polar surface area (TPSA) is 86.0 Å². The quantitative estimate of drug-likeness (QED) is 0.833. The Morgan fingerprint density at radius 1 is 1.61 bits per heavy atom. The summed E-state index contributed by atoms with van der Waals surface area (Å²) in [4.78, 5) is 15.5. The van der Waals surface area contributed by atoms with Crippen LogP contribution in [0.3, 0.4) is 0 Å². The molecular formula is C13H17N3O2. The number of nitrogens with zero attached hydrogens (tertiary/aromatic N) is 2. The van der Waals surface area contributed by atoms with Crippen LogP contribution in [0.15, 0.2) is 12.1 Å². The summed E-state index contributed by atoms with van der Waals surface area (Å²) >= 11 is 0. The van der Waals surface area contributed by atoms with Crippen LogP contribution in [0.5, 0.6) is 0 Å². The van der Waals surface area contributed by atoms with E-state index in [1.165, 1.54) is 0 Å². The Labute approximate surface area is 106 Å². The number of rotatable bonds is 5. The van der Waals surface area contributed by atoms with E-state index in [1.54, 1.807) is 26.0 Å². The zero-order valence-corrected chi connectivity index (χ0v) is 10.8. The molecule has 0 saturated heterocycles. The number of aliphatic carboxylic acids is 1. The van der Waals surface area contributed by atoms with Crippen molar-refractivity contribution in [1.82, 2.24) is 4.98 Å². The molecule has 1 aromatic rings. The summed E-state index contributed by atoms with van der Waals surface area (Å²) in [5, 5.41) is 21.1. The number of nitrogens with one attached hydrogen (secondary N) is 1. The summed E-state index contributed by atoms with van der Waals surface area (Å²) < 4.78 is 0. The number of hydrogen-bond acceptors (Lipinski definition) is 4. The van der Waals surface area contributed by atoms with Crippen molar-refractivity contribution in [3.05, 3.63) is 23.4 Å². The maximum atomic E-state index is 11.3.